The zero-order chi connectivity index (χ0) is 19.9. The Hall–Kier alpha value is -2.58. The van der Waals surface area contributed by atoms with Crippen molar-refractivity contribution in [2.75, 3.05) is 26.4 Å². The number of aromatic nitrogens is 3. The Kier molecular flexibility index (Phi) is 6.89. The van der Waals surface area contributed by atoms with E-state index in [1.54, 1.807) is 6.26 Å². The molecular formula is C20H26N5O2S+. The summed E-state index contributed by atoms with van der Waals surface area (Å²) in [6, 6.07) is 13.7. The van der Waals surface area contributed by atoms with Gasteiger partial charge in [-0.15, -0.1) is 10.2 Å². The zero-order valence-electron chi connectivity index (χ0n) is 16.4. The van der Waals surface area contributed by atoms with E-state index in [-0.39, 0.29) is 17.7 Å². The van der Waals surface area contributed by atoms with Gasteiger partial charge in [-0.05, 0) is 24.6 Å². The van der Waals surface area contributed by atoms with Crippen molar-refractivity contribution in [1.82, 2.24) is 20.1 Å². The van der Waals surface area contributed by atoms with Gasteiger partial charge in [0.05, 0.1) is 26.1 Å². The van der Waals surface area contributed by atoms with Crippen LogP contribution in [0.4, 0.5) is 0 Å². The van der Waals surface area contributed by atoms with Crippen molar-refractivity contribution in [2.24, 2.45) is 0 Å². The first kappa shape index (κ1) is 20.2. The van der Waals surface area contributed by atoms with E-state index in [4.69, 9.17) is 4.42 Å². The molecule has 0 aliphatic heterocycles. The van der Waals surface area contributed by atoms with E-state index in [0.717, 1.165) is 12.1 Å². The van der Waals surface area contributed by atoms with E-state index < -0.39 is 0 Å². The number of carbonyl (C=O) groups excluding carboxylic acids is 1. The topological polar surface area (TPSA) is 77.4 Å². The summed E-state index contributed by atoms with van der Waals surface area (Å²) in [6.07, 6.45) is 1.61. The highest BCUT2D eigenvalue weighted by Crippen LogP contribution is 2.24. The van der Waals surface area contributed by atoms with Crippen LogP contribution in [0.3, 0.4) is 0 Å². The maximum atomic E-state index is 12.6. The van der Waals surface area contributed by atoms with Gasteiger partial charge in [0.15, 0.2) is 16.7 Å². The summed E-state index contributed by atoms with van der Waals surface area (Å²) in [6.45, 7) is 3.53. The van der Waals surface area contributed by atoms with Crippen LogP contribution in [-0.4, -0.2) is 47.1 Å². The Morgan fingerprint density at radius 3 is 2.64 bits per heavy atom. The summed E-state index contributed by atoms with van der Waals surface area (Å²) >= 11 is 1.38. The van der Waals surface area contributed by atoms with Gasteiger partial charge in [0.1, 0.15) is 12.6 Å². The Morgan fingerprint density at radius 1 is 1.21 bits per heavy atom. The lowest BCUT2D eigenvalue weighted by atomic mass is 10.1. The minimum Gasteiger partial charge on any atom is -0.461 e. The number of likely N-dealkylation sites (N-methyl/N-ethyl adjacent to an activating group) is 1. The Balaban J connectivity index is 1.65. The number of nitrogens with zero attached hydrogens (tertiary/aromatic N) is 3. The molecule has 2 heterocycles. The van der Waals surface area contributed by atoms with Gasteiger partial charge in [-0.1, -0.05) is 42.1 Å². The highest BCUT2D eigenvalue weighted by Gasteiger charge is 2.20. The summed E-state index contributed by atoms with van der Waals surface area (Å²) in [4.78, 5) is 13.9. The van der Waals surface area contributed by atoms with Crippen LogP contribution < -0.4 is 10.2 Å². The lowest BCUT2D eigenvalue weighted by molar-refractivity contribution is -0.860. The average Bonchev–Trinajstić information content (AvgIpc) is 3.35. The number of benzene rings is 1. The Morgan fingerprint density at radius 2 is 2.00 bits per heavy atom. The largest absolute Gasteiger partial charge is 0.461 e. The standard InChI is InChI=1S/C20H25N5O2S/c1-4-25-19(17-11-8-12-27-17)22-23-20(25)28-14-18(26)21-16(13-24(2)3)15-9-6-5-7-10-15/h5-12,16H,4,13-14H2,1-3H3,(H,21,26)/p+1/t16-/m0/s1. The molecule has 1 aromatic carbocycles. The number of quaternary nitrogens is 1. The molecule has 0 aliphatic carbocycles. The van der Waals surface area contributed by atoms with Gasteiger partial charge in [-0.3, -0.25) is 9.36 Å². The molecule has 0 bridgehead atoms. The SMILES string of the molecule is CCn1c(SCC(=O)N[C@@H](C[NH+](C)C)c2ccccc2)nnc1-c1ccco1. The normalized spacial score (nSPS) is 12.3. The molecular weight excluding hydrogens is 374 g/mol. The fraction of sp³-hybridized carbons (Fsp3) is 0.350. The molecule has 2 aromatic heterocycles. The maximum absolute atomic E-state index is 12.6. The molecule has 28 heavy (non-hydrogen) atoms. The zero-order valence-corrected chi connectivity index (χ0v) is 17.2. The number of thioether (sulfide) groups is 1. The van der Waals surface area contributed by atoms with Gasteiger partial charge in [-0.25, -0.2) is 0 Å². The third-order valence-corrected chi connectivity index (χ3v) is 5.22. The van der Waals surface area contributed by atoms with Crippen LogP contribution in [0.15, 0.2) is 58.3 Å². The minimum atomic E-state index is -0.0259. The van der Waals surface area contributed by atoms with E-state index in [1.807, 2.05) is 54.0 Å². The van der Waals surface area contributed by atoms with Crippen molar-refractivity contribution in [3.8, 4) is 11.6 Å². The van der Waals surface area contributed by atoms with E-state index >= 15 is 0 Å². The highest BCUT2D eigenvalue weighted by atomic mass is 32.2. The van der Waals surface area contributed by atoms with Crippen LogP contribution >= 0.6 is 11.8 Å². The summed E-state index contributed by atoms with van der Waals surface area (Å²) < 4.78 is 7.38. The van der Waals surface area contributed by atoms with Crippen molar-refractivity contribution in [2.45, 2.75) is 24.7 Å². The lowest BCUT2D eigenvalue weighted by Gasteiger charge is -2.20. The molecule has 0 spiro atoms. The predicted octanol–water partition coefficient (Wildman–Crippen LogP) is 1.65. The summed E-state index contributed by atoms with van der Waals surface area (Å²) in [5, 5.41) is 12.3. The monoisotopic (exact) mass is 400 g/mol. The van der Waals surface area contributed by atoms with Crippen LogP contribution in [-0.2, 0) is 11.3 Å². The van der Waals surface area contributed by atoms with Gasteiger partial charge in [0.25, 0.3) is 0 Å². The molecule has 148 valence electrons. The predicted molar refractivity (Wildman–Crippen MR) is 109 cm³/mol. The van der Waals surface area contributed by atoms with Crippen molar-refractivity contribution in [3.05, 3.63) is 54.3 Å². The second-order valence-electron chi connectivity index (χ2n) is 6.76. The second kappa shape index (κ2) is 9.57. The fourth-order valence-electron chi connectivity index (χ4n) is 2.98. The number of furan rings is 1. The van der Waals surface area contributed by atoms with Crippen molar-refractivity contribution < 1.29 is 14.1 Å². The maximum Gasteiger partial charge on any atom is 0.231 e. The van der Waals surface area contributed by atoms with Gasteiger partial charge in [-0.2, -0.15) is 0 Å². The van der Waals surface area contributed by atoms with Crippen LogP contribution in [0.1, 0.15) is 18.5 Å². The first-order chi connectivity index (χ1) is 13.6. The second-order valence-corrected chi connectivity index (χ2v) is 7.70. The first-order valence-corrected chi connectivity index (χ1v) is 10.3. The van der Waals surface area contributed by atoms with E-state index in [2.05, 4.69) is 29.6 Å². The molecule has 1 atom stereocenters. The molecule has 2 N–H and O–H groups in total. The highest BCUT2D eigenvalue weighted by molar-refractivity contribution is 7.99. The van der Waals surface area contributed by atoms with Gasteiger partial charge < -0.3 is 14.6 Å². The molecule has 7 nitrogen and oxygen atoms in total. The minimum absolute atomic E-state index is 0.0229. The van der Waals surface area contributed by atoms with Crippen LogP contribution in [0.2, 0.25) is 0 Å². The number of rotatable bonds is 9. The van der Waals surface area contributed by atoms with Crippen LogP contribution in [0.5, 0.6) is 0 Å². The molecule has 0 aliphatic rings. The van der Waals surface area contributed by atoms with Crippen molar-refractivity contribution >= 4 is 17.7 Å². The smallest absolute Gasteiger partial charge is 0.231 e. The number of carbonyl (C=O) groups is 1. The van der Waals surface area contributed by atoms with E-state index in [9.17, 15) is 4.79 Å². The molecule has 3 aromatic rings. The number of nitrogens with one attached hydrogen (secondary N) is 2. The van der Waals surface area contributed by atoms with Crippen LogP contribution in [0, 0.1) is 0 Å². The molecule has 1 amide bonds. The summed E-state index contributed by atoms with van der Waals surface area (Å²) in [5.41, 5.74) is 1.11. The van der Waals surface area contributed by atoms with Gasteiger partial charge in [0, 0.05) is 6.54 Å². The summed E-state index contributed by atoms with van der Waals surface area (Å²) in [5.74, 6) is 1.60. The number of hydrogen-bond acceptors (Lipinski definition) is 5. The molecule has 0 unspecified atom stereocenters. The van der Waals surface area contributed by atoms with E-state index in [1.165, 1.54) is 16.7 Å². The fourth-order valence-corrected chi connectivity index (χ4v) is 3.79. The molecule has 0 fully saturated rings. The third-order valence-electron chi connectivity index (χ3n) is 4.26. The quantitative estimate of drug-likeness (QED) is 0.534. The molecule has 8 heteroatoms. The number of hydrogen-bond donors (Lipinski definition) is 2. The molecule has 3 rings (SSSR count). The van der Waals surface area contributed by atoms with Crippen molar-refractivity contribution in [1.29, 1.82) is 0 Å². The lowest BCUT2D eigenvalue weighted by Crippen LogP contribution is -3.06. The molecule has 0 radical (unpaired) electrons. The Bertz CT molecular complexity index is 877. The van der Waals surface area contributed by atoms with Gasteiger partial charge in [0.2, 0.25) is 5.91 Å². The van der Waals surface area contributed by atoms with E-state index in [0.29, 0.717) is 23.3 Å². The van der Waals surface area contributed by atoms with Gasteiger partial charge >= 0.3 is 0 Å². The third kappa shape index (κ3) is 5.02. The first-order valence-electron chi connectivity index (χ1n) is 9.31. The molecule has 0 saturated heterocycles. The molecule has 0 saturated carbocycles. The van der Waals surface area contributed by atoms with Crippen LogP contribution in [0.25, 0.3) is 11.6 Å². The summed E-state index contributed by atoms with van der Waals surface area (Å²) in [7, 11) is 4.16. The Labute approximate surface area is 169 Å². The number of amides is 1. The average molecular weight is 401 g/mol. The van der Waals surface area contributed by atoms with Crippen molar-refractivity contribution in [3.63, 3.8) is 0 Å².